The quantitative estimate of drug-likeness (QED) is 0.0694. The van der Waals surface area contributed by atoms with Gasteiger partial charge in [0.2, 0.25) is 0 Å². The maximum absolute atomic E-state index is 12.2. The van der Waals surface area contributed by atoms with E-state index in [0.29, 0.717) is 0 Å². The second-order valence-electron chi connectivity index (χ2n) is 16.3. The van der Waals surface area contributed by atoms with Crippen molar-refractivity contribution in [1.29, 1.82) is 0 Å². The van der Waals surface area contributed by atoms with Gasteiger partial charge in [0.15, 0.2) is 5.78 Å². The van der Waals surface area contributed by atoms with Crippen LogP contribution in [0, 0.1) is 23.8 Å². The Bertz CT molecular complexity index is 2000. The van der Waals surface area contributed by atoms with Gasteiger partial charge in [0.1, 0.15) is 5.76 Å². The standard InChI is InChI=1S/C29H30NSSi.C15H28O2.Ir/c1-18-12-13-22-23-14-15-30-25(26(23)31-27(22)28(18)32(5,6)7)20-16-19-10-8-9-11-21(19)24(17-20)29(2,3)4;1-7-14(5,8-2)12(16)11-13(17)15(6,9-3)10-4;/h8-15,17H,1-7H3;11,16H,7-10H2,1-6H3;/q-1;;/b;12-11-;. The number of fused-ring (bicyclic) bond motifs is 4. The molecule has 0 fully saturated rings. The molecule has 3 nitrogen and oxygen atoms in total. The van der Waals surface area contributed by atoms with Gasteiger partial charge in [-0.15, -0.1) is 40.5 Å². The number of carbonyl (C=O) groups excluding carboxylic acids is 1. The Kier molecular flexibility index (Phi) is 13.3. The maximum Gasteiger partial charge on any atom is 0.164 e. The van der Waals surface area contributed by atoms with Crippen molar-refractivity contribution in [1.82, 2.24) is 4.98 Å². The number of allylic oxidation sites excluding steroid dienone is 2. The summed E-state index contributed by atoms with van der Waals surface area (Å²) in [5.41, 5.74) is 4.36. The van der Waals surface area contributed by atoms with Crippen LogP contribution in [-0.4, -0.2) is 23.9 Å². The van der Waals surface area contributed by atoms with Gasteiger partial charge in [-0.25, -0.2) is 0 Å². The second kappa shape index (κ2) is 15.9. The van der Waals surface area contributed by atoms with Crippen LogP contribution in [0.3, 0.4) is 0 Å². The van der Waals surface area contributed by atoms with Crippen LogP contribution in [0.1, 0.15) is 99.1 Å². The zero-order chi connectivity index (χ0) is 36.5. The first kappa shape index (κ1) is 41.8. The number of aromatic nitrogens is 1. The van der Waals surface area contributed by atoms with E-state index in [4.69, 9.17) is 4.98 Å². The number of aliphatic hydroxyl groups excluding tert-OH is 1. The third-order valence-corrected chi connectivity index (χ3v) is 14.5. The molecule has 5 aromatic rings. The number of nitrogens with zero attached hydrogens (tertiary/aromatic N) is 1. The van der Waals surface area contributed by atoms with Gasteiger partial charge < -0.3 is 5.11 Å². The number of hydrogen-bond acceptors (Lipinski definition) is 4. The van der Waals surface area contributed by atoms with Gasteiger partial charge in [0.25, 0.3) is 0 Å². The van der Waals surface area contributed by atoms with Crippen molar-refractivity contribution in [2.45, 2.75) is 120 Å². The van der Waals surface area contributed by atoms with E-state index in [2.05, 4.69) is 102 Å². The second-order valence-corrected chi connectivity index (χ2v) is 22.4. The molecule has 0 saturated heterocycles. The Morgan fingerprint density at radius 1 is 0.840 bits per heavy atom. The van der Waals surface area contributed by atoms with Crippen molar-refractivity contribution < 1.29 is 30.0 Å². The first-order chi connectivity index (χ1) is 22.8. The molecule has 5 rings (SSSR count). The molecule has 2 heterocycles. The van der Waals surface area contributed by atoms with Crippen molar-refractivity contribution in [2.24, 2.45) is 10.8 Å². The fourth-order valence-electron chi connectivity index (χ4n) is 6.65. The van der Waals surface area contributed by atoms with E-state index in [9.17, 15) is 9.90 Å². The molecule has 0 aliphatic carbocycles. The molecule has 1 N–H and O–H groups in total. The molecule has 3 aromatic carbocycles. The molecule has 0 amide bonds. The number of carbonyl (C=O) groups is 1. The van der Waals surface area contributed by atoms with Gasteiger partial charge in [-0.3, -0.25) is 9.78 Å². The molecule has 0 bridgehead atoms. The van der Waals surface area contributed by atoms with Crippen LogP contribution in [0.4, 0.5) is 0 Å². The Morgan fingerprint density at radius 2 is 1.42 bits per heavy atom. The topological polar surface area (TPSA) is 50.2 Å². The number of pyridine rings is 1. The fourth-order valence-corrected chi connectivity index (χ4v) is 11.1. The SMILES string of the molecule is CCC(C)(CC)C(=O)/C=C(\O)C(C)(CC)CC.Cc1ccc2c(sc3c(-c4[c-]c5ccccc5c(C(C)(C)C)c4)nccc32)c1[Si](C)(C)C.[Ir]. The molecule has 50 heavy (non-hydrogen) atoms. The Labute approximate surface area is 320 Å². The summed E-state index contributed by atoms with van der Waals surface area (Å²) >= 11 is 1.92. The molecule has 0 atom stereocenters. The first-order valence-electron chi connectivity index (χ1n) is 18.1. The summed E-state index contributed by atoms with van der Waals surface area (Å²) in [4.78, 5) is 17.1. The predicted molar refractivity (Wildman–Crippen MR) is 218 cm³/mol. The van der Waals surface area contributed by atoms with Crippen molar-refractivity contribution >= 4 is 61.3 Å². The minimum atomic E-state index is -1.49. The zero-order valence-corrected chi connectivity index (χ0v) is 36.9. The van der Waals surface area contributed by atoms with Crippen LogP contribution in [0.2, 0.25) is 19.6 Å². The third kappa shape index (κ3) is 8.36. The van der Waals surface area contributed by atoms with E-state index in [1.165, 1.54) is 42.8 Å². The Hall–Kier alpha value is -2.63. The summed E-state index contributed by atoms with van der Waals surface area (Å²) in [6.45, 7) is 28.6. The minimum Gasteiger partial charge on any atom is -0.512 e. The molecule has 0 saturated carbocycles. The van der Waals surface area contributed by atoms with E-state index >= 15 is 0 Å². The van der Waals surface area contributed by atoms with E-state index < -0.39 is 8.07 Å². The van der Waals surface area contributed by atoms with E-state index in [-0.39, 0.29) is 47.9 Å². The molecular formula is C44H58IrNO2SSi-. The number of hydrogen-bond donors (Lipinski definition) is 1. The predicted octanol–water partition coefficient (Wildman–Crippen LogP) is 12.9. The molecule has 0 unspecified atom stereocenters. The Morgan fingerprint density at radius 3 is 1.98 bits per heavy atom. The number of rotatable bonds is 9. The largest absolute Gasteiger partial charge is 0.512 e. The van der Waals surface area contributed by atoms with Crippen LogP contribution in [0.25, 0.3) is 42.2 Å². The van der Waals surface area contributed by atoms with Crippen LogP contribution in [0.5, 0.6) is 0 Å². The van der Waals surface area contributed by atoms with Crippen molar-refractivity contribution in [2.75, 3.05) is 0 Å². The number of thiophene rings is 1. The summed E-state index contributed by atoms with van der Waals surface area (Å²) in [6.07, 6.45) is 6.72. The number of aryl methyl sites for hydroxylation is 1. The number of ketones is 1. The molecule has 0 aliphatic heterocycles. The molecular weight excluding hydrogens is 827 g/mol. The summed E-state index contributed by atoms with van der Waals surface area (Å²) in [7, 11) is -1.49. The van der Waals surface area contributed by atoms with Crippen LogP contribution in [0.15, 0.2) is 66.6 Å². The smallest absolute Gasteiger partial charge is 0.164 e. The molecule has 0 spiro atoms. The van der Waals surface area contributed by atoms with Crippen LogP contribution >= 0.6 is 11.3 Å². The van der Waals surface area contributed by atoms with Crippen LogP contribution < -0.4 is 5.19 Å². The fraction of sp³-hybridized carbons (Fsp3) is 0.455. The summed E-state index contributed by atoms with van der Waals surface area (Å²) in [6, 6.07) is 21.4. The molecule has 2 aromatic heterocycles. The van der Waals surface area contributed by atoms with Crippen molar-refractivity contribution in [3.05, 3.63) is 83.8 Å². The van der Waals surface area contributed by atoms with Gasteiger partial charge in [-0.1, -0.05) is 129 Å². The molecule has 1 radical (unpaired) electrons. The monoisotopic (exact) mass is 885 g/mol. The molecule has 271 valence electrons. The minimum absolute atomic E-state index is 0. The Balaban J connectivity index is 0.000000323. The van der Waals surface area contributed by atoms with E-state index in [1.807, 2.05) is 59.1 Å². The summed E-state index contributed by atoms with van der Waals surface area (Å²) < 4.78 is 2.73. The molecule has 6 heteroatoms. The maximum atomic E-state index is 12.2. The first-order valence-corrected chi connectivity index (χ1v) is 22.4. The van der Waals surface area contributed by atoms with E-state index in [1.54, 1.807) is 5.19 Å². The zero-order valence-electron chi connectivity index (χ0n) is 32.6. The van der Waals surface area contributed by atoms with Gasteiger partial charge in [0, 0.05) is 58.3 Å². The van der Waals surface area contributed by atoms with Gasteiger partial charge in [-0.05, 0) is 60.0 Å². The molecule has 0 aliphatic rings. The van der Waals surface area contributed by atoms with Gasteiger partial charge >= 0.3 is 0 Å². The van der Waals surface area contributed by atoms with E-state index in [0.717, 1.165) is 42.3 Å². The van der Waals surface area contributed by atoms with Crippen molar-refractivity contribution in [3.8, 4) is 11.3 Å². The number of benzene rings is 3. The average molecular weight is 885 g/mol. The van der Waals surface area contributed by atoms with Crippen LogP contribution in [-0.2, 0) is 30.3 Å². The number of aliphatic hydroxyl groups is 1. The average Bonchev–Trinajstić information content (AvgIpc) is 3.44. The van der Waals surface area contributed by atoms with Crippen molar-refractivity contribution in [3.63, 3.8) is 0 Å². The summed E-state index contributed by atoms with van der Waals surface area (Å²) in [5, 5.41) is 16.8. The normalized spacial score (nSPS) is 12.9. The van der Waals surface area contributed by atoms with Gasteiger partial charge in [-0.2, -0.15) is 0 Å². The summed E-state index contributed by atoms with van der Waals surface area (Å²) in [5.74, 6) is 0.286. The van der Waals surface area contributed by atoms with Gasteiger partial charge in [0.05, 0.1) is 8.07 Å². The third-order valence-electron chi connectivity index (χ3n) is 11.0.